The Labute approximate surface area is 120 Å². The third kappa shape index (κ3) is 3.47. The van der Waals surface area contributed by atoms with Gasteiger partial charge in [-0.3, -0.25) is 0 Å². The predicted molar refractivity (Wildman–Crippen MR) is 81.8 cm³/mol. The first kappa shape index (κ1) is 12.9. The van der Waals surface area contributed by atoms with Gasteiger partial charge < -0.3 is 4.84 Å². The number of aryl methyl sites for hydroxylation is 1. The van der Waals surface area contributed by atoms with Crippen LogP contribution in [-0.4, -0.2) is 11.8 Å². The molecule has 0 aliphatic carbocycles. The number of nitrogens with zero attached hydrogens (tertiary/aromatic N) is 1. The second kappa shape index (κ2) is 6.38. The van der Waals surface area contributed by atoms with Gasteiger partial charge in [0.25, 0.3) is 0 Å². The van der Waals surface area contributed by atoms with Crippen molar-refractivity contribution in [3.05, 3.63) is 71.8 Å². The normalized spacial score (nSPS) is 17.6. The molecule has 0 spiro atoms. The minimum absolute atomic E-state index is 0.211. The van der Waals surface area contributed by atoms with E-state index in [0.717, 1.165) is 25.7 Å². The highest BCUT2D eigenvalue weighted by molar-refractivity contribution is 5.85. The minimum Gasteiger partial charge on any atom is -0.392 e. The van der Waals surface area contributed by atoms with Gasteiger partial charge in [-0.1, -0.05) is 65.8 Å². The summed E-state index contributed by atoms with van der Waals surface area (Å²) in [6.45, 7) is 0. The van der Waals surface area contributed by atoms with Crippen molar-refractivity contribution < 1.29 is 4.84 Å². The third-order valence-corrected chi connectivity index (χ3v) is 3.65. The van der Waals surface area contributed by atoms with E-state index in [0.29, 0.717) is 0 Å². The van der Waals surface area contributed by atoms with Crippen molar-refractivity contribution in [2.75, 3.05) is 0 Å². The molecule has 1 unspecified atom stereocenters. The first-order chi connectivity index (χ1) is 9.90. The molecule has 0 fully saturated rings. The van der Waals surface area contributed by atoms with Gasteiger partial charge in [0, 0.05) is 12.8 Å². The molecular weight excluding hydrogens is 246 g/mol. The zero-order chi connectivity index (χ0) is 13.6. The SMILES string of the molecule is c1ccc(CCC2=NOC(Cc3ccccc3)C2)cc1. The summed E-state index contributed by atoms with van der Waals surface area (Å²) in [5.41, 5.74) is 3.87. The summed E-state index contributed by atoms with van der Waals surface area (Å²) in [5, 5.41) is 4.25. The zero-order valence-corrected chi connectivity index (χ0v) is 11.5. The van der Waals surface area contributed by atoms with E-state index in [2.05, 4.69) is 59.8 Å². The molecule has 1 atom stereocenters. The zero-order valence-electron chi connectivity index (χ0n) is 11.5. The summed E-state index contributed by atoms with van der Waals surface area (Å²) in [5.74, 6) is 0. The molecule has 0 radical (unpaired) electrons. The fourth-order valence-electron chi connectivity index (χ4n) is 2.55. The Morgan fingerprint density at radius 3 is 2.20 bits per heavy atom. The average molecular weight is 265 g/mol. The van der Waals surface area contributed by atoms with Crippen LogP contribution in [0, 0.1) is 0 Å². The summed E-state index contributed by atoms with van der Waals surface area (Å²) in [6, 6.07) is 21.0. The number of benzene rings is 2. The topological polar surface area (TPSA) is 21.6 Å². The summed E-state index contributed by atoms with van der Waals surface area (Å²) in [7, 11) is 0. The largest absolute Gasteiger partial charge is 0.392 e. The molecule has 0 bridgehead atoms. The van der Waals surface area contributed by atoms with E-state index in [1.807, 2.05) is 6.07 Å². The Morgan fingerprint density at radius 1 is 0.850 bits per heavy atom. The fraction of sp³-hybridized carbons (Fsp3) is 0.278. The quantitative estimate of drug-likeness (QED) is 0.800. The summed E-state index contributed by atoms with van der Waals surface area (Å²) < 4.78 is 0. The van der Waals surface area contributed by atoms with E-state index in [4.69, 9.17) is 4.84 Å². The van der Waals surface area contributed by atoms with Gasteiger partial charge in [-0.15, -0.1) is 0 Å². The molecule has 20 heavy (non-hydrogen) atoms. The van der Waals surface area contributed by atoms with Crippen LogP contribution < -0.4 is 0 Å². The van der Waals surface area contributed by atoms with Crippen LogP contribution in [0.1, 0.15) is 24.0 Å². The van der Waals surface area contributed by atoms with Gasteiger partial charge in [0.1, 0.15) is 6.10 Å². The van der Waals surface area contributed by atoms with Crippen molar-refractivity contribution in [1.82, 2.24) is 0 Å². The van der Waals surface area contributed by atoms with Crippen molar-refractivity contribution >= 4 is 5.71 Å². The van der Waals surface area contributed by atoms with Crippen LogP contribution in [0.4, 0.5) is 0 Å². The standard InChI is InChI=1S/C18H19NO/c1-3-7-15(8-4-1)11-12-17-14-18(20-19-17)13-16-9-5-2-6-10-16/h1-10,18H,11-14H2. The lowest BCUT2D eigenvalue weighted by molar-refractivity contribution is 0.0859. The van der Waals surface area contributed by atoms with Gasteiger partial charge in [0.2, 0.25) is 0 Å². The van der Waals surface area contributed by atoms with Crippen molar-refractivity contribution in [3.63, 3.8) is 0 Å². The van der Waals surface area contributed by atoms with Gasteiger partial charge >= 0.3 is 0 Å². The maximum Gasteiger partial charge on any atom is 0.136 e. The van der Waals surface area contributed by atoms with Crippen LogP contribution >= 0.6 is 0 Å². The van der Waals surface area contributed by atoms with Gasteiger partial charge in [-0.25, -0.2) is 0 Å². The maximum atomic E-state index is 5.55. The summed E-state index contributed by atoms with van der Waals surface area (Å²) in [4.78, 5) is 5.55. The molecule has 2 nitrogen and oxygen atoms in total. The molecule has 0 amide bonds. The highest BCUT2D eigenvalue weighted by atomic mass is 16.6. The Morgan fingerprint density at radius 2 is 1.50 bits per heavy atom. The van der Waals surface area contributed by atoms with Gasteiger partial charge in [0.05, 0.1) is 5.71 Å². The molecule has 2 aromatic carbocycles. The first-order valence-corrected chi connectivity index (χ1v) is 7.19. The lowest BCUT2D eigenvalue weighted by Crippen LogP contribution is -2.11. The molecule has 0 saturated carbocycles. The lowest BCUT2D eigenvalue weighted by Gasteiger charge is -2.07. The van der Waals surface area contributed by atoms with Crippen molar-refractivity contribution in [1.29, 1.82) is 0 Å². The van der Waals surface area contributed by atoms with E-state index in [9.17, 15) is 0 Å². The van der Waals surface area contributed by atoms with E-state index in [1.165, 1.54) is 16.8 Å². The van der Waals surface area contributed by atoms with Crippen molar-refractivity contribution in [3.8, 4) is 0 Å². The lowest BCUT2D eigenvalue weighted by atomic mass is 10.0. The molecule has 3 rings (SSSR count). The van der Waals surface area contributed by atoms with Crippen molar-refractivity contribution in [2.24, 2.45) is 5.16 Å². The van der Waals surface area contributed by atoms with E-state index in [1.54, 1.807) is 0 Å². The minimum atomic E-state index is 0.211. The van der Waals surface area contributed by atoms with E-state index >= 15 is 0 Å². The summed E-state index contributed by atoms with van der Waals surface area (Å²) in [6.07, 6.45) is 4.15. The molecule has 1 aliphatic heterocycles. The fourth-order valence-corrected chi connectivity index (χ4v) is 2.55. The highest BCUT2D eigenvalue weighted by Gasteiger charge is 2.20. The van der Waals surface area contributed by atoms with Gasteiger partial charge in [-0.05, 0) is 24.0 Å². The molecule has 0 N–H and O–H groups in total. The second-order valence-electron chi connectivity index (χ2n) is 5.26. The van der Waals surface area contributed by atoms with Crippen LogP contribution in [0.15, 0.2) is 65.8 Å². The Bertz CT molecular complexity index is 562. The Hall–Kier alpha value is -2.09. The Balaban J connectivity index is 1.47. The molecular formula is C18H19NO. The van der Waals surface area contributed by atoms with Gasteiger partial charge in [0.15, 0.2) is 0 Å². The number of hydrogen-bond acceptors (Lipinski definition) is 2. The maximum absolute atomic E-state index is 5.55. The van der Waals surface area contributed by atoms with E-state index < -0.39 is 0 Å². The smallest absolute Gasteiger partial charge is 0.136 e. The molecule has 2 aromatic rings. The molecule has 0 saturated heterocycles. The highest BCUT2D eigenvalue weighted by Crippen LogP contribution is 2.18. The third-order valence-electron chi connectivity index (χ3n) is 3.65. The second-order valence-corrected chi connectivity index (χ2v) is 5.26. The van der Waals surface area contributed by atoms with Crippen LogP contribution in [0.3, 0.4) is 0 Å². The van der Waals surface area contributed by atoms with Crippen LogP contribution in [0.25, 0.3) is 0 Å². The van der Waals surface area contributed by atoms with Crippen LogP contribution in [0.2, 0.25) is 0 Å². The molecule has 1 heterocycles. The van der Waals surface area contributed by atoms with Crippen molar-refractivity contribution in [2.45, 2.75) is 31.8 Å². The molecule has 102 valence electrons. The summed E-state index contributed by atoms with van der Waals surface area (Å²) >= 11 is 0. The number of hydrogen-bond donors (Lipinski definition) is 0. The first-order valence-electron chi connectivity index (χ1n) is 7.19. The van der Waals surface area contributed by atoms with Gasteiger partial charge in [-0.2, -0.15) is 0 Å². The predicted octanol–water partition coefficient (Wildman–Crippen LogP) is 4.01. The number of rotatable bonds is 5. The monoisotopic (exact) mass is 265 g/mol. The average Bonchev–Trinajstić information content (AvgIpc) is 2.95. The number of oxime groups is 1. The van der Waals surface area contributed by atoms with Crippen LogP contribution in [0.5, 0.6) is 0 Å². The van der Waals surface area contributed by atoms with Crippen LogP contribution in [-0.2, 0) is 17.7 Å². The Kier molecular flexibility index (Phi) is 4.12. The van der Waals surface area contributed by atoms with E-state index in [-0.39, 0.29) is 6.10 Å². The molecule has 1 aliphatic rings. The molecule has 0 aromatic heterocycles. The molecule has 2 heteroatoms.